The monoisotopic (exact) mass is 474 g/mol. The Morgan fingerprint density at radius 2 is 1.94 bits per heavy atom. The Balaban J connectivity index is 1.63. The van der Waals surface area contributed by atoms with Gasteiger partial charge in [0.1, 0.15) is 0 Å². The number of nitrogens with one attached hydrogen (secondary N) is 2. The van der Waals surface area contributed by atoms with E-state index in [4.69, 9.17) is 16.0 Å². The Kier molecular flexibility index (Phi) is 5.79. The fraction of sp³-hybridized carbons (Fsp3) is 0.261. The summed E-state index contributed by atoms with van der Waals surface area (Å²) in [5, 5.41) is 12.9. The number of fused-ring (bicyclic) bond motifs is 1. The first-order chi connectivity index (χ1) is 15.0. The molecule has 0 spiro atoms. The molecule has 7 nitrogen and oxygen atoms in total. The van der Waals surface area contributed by atoms with E-state index in [0.29, 0.717) is 10.7 Å². The first-order valence-corrected chi connectivity index (χ1v) is 12.0. The summed E-state index contributed by atoms with van der Waals surface area (Å²) in [7, 11) is -4.28. The highest BCUT2D eigenvalue weighted by Crippen LogP contribution is 2.38. The van der Waals surface area contributed by atoms with Crippen LogP contribution in [0.1, 0.15) is 37.0 Å². The van der Waals surface area contributed by atoms with Crippen LogP contribution >= 0.6 is 11.6 Å². The van der Waals surface area contributed by atoms with E-state index in [0.717, 1.165) is 47.8 Å². The number of aryl methyl sites for hydroxylation is 1. The lowest BCUT2D eigenvalue weighted by Crippen LogP contribution is -2.34. The van der Waals surface area contributed by atoms with Gasteiger partial charge in [0.15, 0.2) is 0 Å². The summed E-state index contributed by atoms with van der Waals surface area (Å²) in [4.78, 5) is 12.7. The molecule has 2 aromatic carbocycles. The van der Waals surface area contributed by atoms with Gasteiger partial charge in [-0.25, -0.2) is 9.52 Å². The molecule has 0 saturated heterocycles. The first-order valence-electron chi connectivity index (χ1n) is 10.1. The molecular weight excluding hydrogens is 452 g/mol. The molecule has 168 valence electrons. The van der Waals surface area contributed by atoms with Crippen molar-refractivity contribution in [2.24, 2.45) is 0 Å². The maximum atomic E-state index is 12.7. The predicted molar refractivity (Wildman–Crippen MR) is 122 cm³/mol. The fourth-order valence-corrected chi connectivity index (χ4v) is 4.84. The molecular formula is C23H23ClN2O5S. The summed E-state index contributed by atoms with van der Waals surface area (Å²) >= 11 is 6.15. The molecule has 1 aliphatic rings. The number of amides is 2. The van der Waals surface area contributed by atoms with Gasteiger partial charge in [-0.05, 0) is 61.9 Å². The molecule has 3 aromatic rings. The van der Waals surface area contributed by atoms with Crippen molar-refractivity contribution in [3.05, 3.63) is 70.4 Å². The third-order valence-corrected chi connectivity index (χ3v) is 6.86. The van der Waals surface area contributed by atoms with Gasteiger partial charge in [0.25, 0.3) is 10.0 Å². The first kappa shape index (κ1) is 22.4. The fourth-order valence-electron chi connectivity index (χ4n) is 3.80. The summed E-state index contributed by atoms with van der Waals surface area (Å²) in [5.41, 5.74) is 3.23. The minimum atomic E-state index is -4.28. The molecule has 2 amide bonds. The van der Waals surface area contributed by atoms with E-state index in [2.05, 4.69) is 5.32 Å². The van der Waals surface area contributed by atoms with E-state index in [-0.39, 0.29) is 5.56 Å². The van der Waals surface area contributed by atoms with Crippen LogP contribution in [0, 0.1) is 0 Å². The number of aliphatic hydroxyl groups is 1. The molecule has 0 fully saturated rings. The van der Waals surface area contributed by atoms with Crippen molar-refractivity contribution in [2.45, 2.75) is 43.8 Å². The second-order valence-electron chi connectivity index (χ2n) is 8.26. The van der Waals surface area contributed by atoms with E-state index >= 15 is 0 Å². The Hall–Kier alpha value is -2.81. The lowest BCUT2D eigenvalue weighted by atomic mass is 9.97. The maximum absolute atomic E-state index is 12.7. The van der Waals surface area contributed by atoms with Crippen molar-refractivity contribution in [2.75, 3.05) is 5.32 Å². The molecule has 32 heavy (non-hydrogen) atoms. The summed E-state index contributed by atoms with van der Waals surface area (Å²) < 4.78 is 32.4. The second-order valence-corrected chi connectivity index (χ2v) is 10.3. The number of hydrogen-bond acceptors (Lipinski definition) is 5. The zero-order valence-electron chi connectivity index (χ0n) is 17.6. The lowest BCUT2D eigenvalue weighted by Gasteiger charge is -2.17. The summed E-state index contributed by atoms with van der Waals surface area (Å²) in [5.74, 6) is 0. The molecule has 0 aliphatic heterocycles. The molecule has 0 saturated carbocycles. The molecule has 3 N–H and O–H groups in total. The van der Waals surface area contributed by atoms with Crippen LogP contribution in [0.15, 0.2) is 58.2 Å². The van der Waals surface area contributed by atoms with Gasteiger partial charge in [-0.2, -0.15) is 8.42 Å². The third kappa shape index (κ3) is 4.53. The smallest absolute Gasteiger partial charge is 0.333 e. The number of rotatable bonds is 5. The van der Waals surface area contributed by atoms with Gasteiger partial charge in [0.2, 0.25) is 5.09 Å². The topological polar surface area (TPSA) is 109 Å². The van der Waals surface area contributed by atoms with Gasteiger partial charge >= 0.3 is 6.03 Å². The Labute approximate surface area is 191 Å². The van der Waals surface area contributed by atoms with Crippen molar-refractivity contribution in [3.8, 4) is 11.1 Å². The minimum Gasteiger partial charge on any atom is -0.451 e. The van der Waals surface area contributed by atoms with Crippen LogP contribution in [0.25, 0.3) is 11.1 Å². The van der Waals surface area contributed by atoms with Crippen molar-refractivity contribution in [1.82, 2.24) is 4.72 Å². The van der Waals surface area contributed by atoms with Crippen molar-refractivity contribution >= 4 is 33.3 Å². The normalized spacial score (nSPS) is 13.6. The molecule has 1 aromatic heterocycles. The van der Waals surface area contributed by atoms with Crippen LogP contribution in [0.3, 0.4) is 0 Å². The molecule has 1 aliphatic carbocycles. The van der Waals surface area contributed by atoms with Crippen LogP contribution in [0.5, 0.6) is 0 Å². The van der Waals surface area contributed by atoms with Gasteiger partial charge in [0.05, 0.1) is 17.6 Å². The Bertz CT molecular complexity index is 1290. The standard InChI is InChI=1S/C23H23ClN2O5S/c1-23(2,28)16-12-20(31-13-16)32(29,30)26-22(27)25-21-18-8-4-5-14(18)9-10-19(21)15-6-3-7-17(24)11-15/h3,6-7,9-13,28H,4-5,8H2,1-2H3,(H2,25,26,27). The Morgan fingerprint density at radius 1 is 1.16 bits per heavy atom. The third-order valence-electron chi connectivity index (χ3n) is 5.43. The molecule has 0 unspecified atom stereocenters. The number of hydrogen-bond donors (Lipinski definition) is 3. The van der Waals surface area contributed by atoms with Crippen molar-refractivity contribution in [1.29, 1.82) is 0 Å². The SMILES string of the molecule is CC(C)(O)c1coc(S(=O)(=O)NC(=O)Nc2c(-c3cccc(Cl)c3)ccc3c2CCC3)c1. The van der Waals surface area contributed by atoms with Gasteiger partial charge in [-0.15, -0.1) is 0 Å². The maximum Gasteiger partial charge on any atom is 0.333 e. The highest BCUT2D eigenvalue weighted by Gasteiger charge is 2.27. The quantitative estimate of drug-likeness (QED) is 0.491. The summed E-state index contributed by atoms with van der Waals surface area (Å²) in [6, 6.07) is 11.5. The van der Waals surface area contributed by atoms with Crippen molar-refractivity contribution < 1.29 is 22.7 Å². The zero-order chi connectivity index (χ0) is 23.1. The van der Waals surface area contributed by atoms with Crippen LogP contribution in [0.2, 0.25) is 5.02 Å². The molecule has 9 heteroatoms. The van der Waals surface area contributed by atoms with Gasteiger partial charge in [-0.1, -0.05) is 35.9 Å². The van der Waals surface area contributed by atoms with Gasteiger partial charge in [-0.3, -0.25) is 0 Å². The summed E-state index contributed by atoms with van der Waals surface area (Å²) in [6.45, 7) is 3.00. The zero-order valence-corrected chi connectivity index (χ0v) is 19.2. The molecule has 0 atom stereocenters. The number of carbonyl (C=O) groups is 1. The van der Waals surface area contributed by atoms with Crippen LogP contribution < -0.4 is 10.0 Å². The average Bonchev–Trinajstić information content (AvgIpc) is 3.38. The average molecular weight is 475 g/mol. The van der Waals surface area contributed by atoms with Crippen LogP contribution in [-0.2, 0) is 28.5 Å². The van der Waals surface area contributed by atoms with E-state index in [1.807, 2.05) is 29.0 Å². The second kappa shape index (κ2) is 8.27. The van der Waals surface area contributed by atoms with Crippen LogP contribution in [0.4, 0.5) is 10.5 Å². The largest absolute Gasteiger partial charge is 0.451 e. The number of benzene rings is 2. The van der Waals surface area contributed by atoms with Crippen LogP contribution in [-0.4, -0.2) is 19.6 Å². The van der Waals surface area contributed by atoms with Gasteiger partial charge in [0, 0.05) is 22.2 Å². The van der Waals surface area contributed by atoms with E-state index in [1.165, 1.54) is 19.9 Å². The molecule has 0 radical (unpaired) electrons. The number of halogens is 1. The number of urea groups is 1. The predicted octanol–water partition coefficient (Wildman–Crippen LogP) is 4.83. The minimum absolute atomic E-state index is 0.280. The summed E-state index contributed by atoms with van der Waals surface area (Å²) in [6.07, 6.45) is 3.77. The number of sulfonamides is 1. The highest BCUT2D eigenvalue weighted by molar-refractivity contribution is 7.89. The Morgan fingerprint density at radius 3 is 2.62 bits per heavy atom. The van der Waals surface area contributed by atoms with E-state index in [1.54, 1.807) is 12.1 Å². The number of carbonyl (C=O) groups excluding carboxylic acids is 1. The van der Waals surface area contributed by atoms with Crippen molar-refractivity contribution in [3.63, 3.8) is 0 Å². The number of anilines is 1. The number of furan rings is 1. The molecule has 0 bridgehead atoms. The van der Waals surface area contributed by atoms with Gasteiger partial charge < -0.3 is 14.8 Å². The lowest BCUT2D eigenvalue weighted by molar-refractivity contribution is 0.0779. The molecule has 4 rings (SSSR count). The molecule has 1 heterocycles. The highest BCUT2D eigenvalue weighted by atomic mass is 35.5. The van der Waals surface area contributed by atoms with E-state index in [9.17, 15) is 18.3 Å². The van der Waals surface area contributed by atoms with E-state index < -0.39 is 26.7 Å².